The lowest BCUT2D eigenvalue weighted by atomic mass is 10.1. The Kier molecular flexibility index (Phi) is 10.1. The van der Waals surface area contributed by atoms with Gasteiger partial charge in [0.05, 0.1) is 20.4 Å². The summed E-state index contributed by atoms with van der Waals surface area (Å²) in [5.74, 6) is 0.415. The van der Waals surface area contributed by atoms with Crippen molar-refractivity contribution in [2.45, 2.75) is 58.3 Å². The number of ether oxygens (including phenoxy) is 2. The fraction of sp³-hybridized carbons (Fsp3) is 0.579. The van der Waals surface area contributed by atoms with E-state index in [2.05, 4.69) is 17.5 Å². The molecule has 0 unspecified atom stereocenters. The lowest BCUT2D eigenvalue weighted by Crippen LogP contribution is -2.16. The van der Waals surface area contributed by atoms with Crippen LogP contribution in [0.3, 0.4) is 0 Å². The standard InChI is InChI=1S/C19H30N2O4/c1-4-5-6-7-8-9-10-11-18(22)21-20-14-15-12-16(24-2)19(23)17(13-15)25-3/h12-14,23H,4-11H2,1-3H3,(H,21,22). The van der Waals surface area contributed by atoms with Crippen molar-refractivity contribution in [3.63, 3.8) is 0 Å². The van der Waals surface area contributed by atoms with E-state index in [1.807, 2.05) is 0 Å². The van der Waals surface area contributed by atoms with Gasteiger partial charge in [-0.3, -0.25) is 4.79 Å². The van der Waals surface area contributed by atoms with Crippen molar-refractivity contribution < 1.29 is 19.4 Å². The summed E-state index contributed by atoms with van der Waals surface area (Å²) in [7, 11) is 2.92. The molecule has 0 saturated heterocycles. The highest BCUT2D eigenvalue weighted by Gasteiger charge is 2.10. The van der Waals surface area contributed by atoms with E-state index in [1.54, 1.807) is 12.1 Å². The number of benzene rings is 1. The normalized spacial score (nSPS) is 10.8. The molecule has 1 aromatic rings. The summed E-state index contributed by atoms with van der Waals surface area (Å²) in [6.45, 7) is 2.20. The maximum atomic E-state index is 11.8. The number of amides is 1. The molecule has 0 spiro atoms. The van der Waals surface area contributed by atoms with E-state index in [0.717, 1.165) is 12.8 Å². The molecule has 0 aliphatic carbocycles. The summed E-state index contributed by atoms with van der Waals surface area (Å²) in [6, 6.07) is 3.23. The number of nitrogens with zero attached hydrogens (tertiary/aromatic N) is 1. The Morgan fingerprint density at radius 1 is 1.08 bits per heavy atom. The van der Waals surface area contributed by atoms with Gasteiger partial charge in [0, 0.05) is 12.0 Å². The third-order valence-electron chi connectivity index (χ3n) is 3.91. The molecule has 0 bridgehead atoms. The zero-order chi connectivity index (χ0) is 18.5. The molecule has 1 amide bonds. The molecule has 0 aliphatic rings. The first kappa shape index (κ1) is 20.8. The summed E-state index contributed by atoms with van der Waals surface area (Å²) in [5, 5.41) is 13.8. The Hall–Kier alpha value is -2.24. The number of methoxy groups -OCH3 is 2. The maximum absolute atomic E-state index is 11.8. The van der Waals surface area contributed by atoms with Crippen LogP contribution in [0.15, 0.2) is 17.2 Å². The van der Waals surface area contributed by atoms with Gasteiger partial charge in [-0.05, 0) is 18.6 Å². The molecule has 1 rings (SSSR count). The van der Waals surface area contributed by atoms with Crippen molar-refractivity contribution in [3.05, 3.63) is 17.7 Å². The van der Waals surface area contributed by atoms with Gasteiger partial charge in [-0.15, -0.1) is 0 Å². The third-order valence-corrected chi connectivity index (χ3v) is 3.91. The van der Waals surface area contributed by atoms with Crippen molar-refractivity contribution in [2.24, 2.45) is 5.10 Å². The highest BCUT2D eigenvalue weighted by atomic mass is 16.5. The summed E-state index contributed by atoms with van der Waals surface area (Å²) in [4.78, 5) is 11.8. The molecule has 140 valence electrons. The van der Waals surface area contributed by atoms with Gasteiger partial charge < -0.3 is 14.6 Å². The first-order chi connectivity index (χ1) is 12.1. The van der Waals surface area contributed by atoms with E-state index in [9.17, 15) is 9.90 Å². The summed E-state index contributed by atoms with van der Waals surface area (Å²) >= 11 is 0. The zero-order valence-corrected chi connectivity index (χ0v) is 15.5. The van der Waals surface area contributed by atoms with Gasteiger partial charge in [-0.2, -0.15) is 5.10 Å². The topological polar surface area (TPSA) is 80.2 Å². The van der Waals surface area contributed by atoms with Crippen LogP contribution in [0.4, 0.5) is 0 Å². The number of phenolic OH excluding ortho intramolecular Hbond substituents is 1. The second-order valence-corrected chi connectivity index (χ2v) is 5.94. The lowest BCUT2D eigenvalue weighted by Gasteiger charge is -2.09. The number of unbranched alkanes of at least 4 members (excludes halogenated alkanes) is 6. The average Bonchev–Trinajstić information content (AvgIpc) is 2.62. The molecule has 0 radical (unpaired) electrons. The number of rotatable bonds is 12. The number of nitrogens with one attached hydrogen (secondary N) is 1. The molecule has 0 aliphatic heterocycles. The molecule has 0 aromatic heterocycles. The van der Waals surface area contributed by atoms with Gasteiger partial charge in [0.2, 0.25) is 11.7 Å². The van der Waals surface area contributed by atoms with Crippen LogP contribution in [0.1, 0.15) is 63.9 Å². The number of hydrogen-bond acceptors (Lipinski definition) is 5. The molecule has 2 N–H and O–H groups in total. The first-order valence-corrected chi connectivity index (χ1v) is 8.89. The fourth-order valence-corrected chi connectivity index (χ4v) is 2.47. The molecular weight excluding hydrogens is 320 g/mol. The quantitative estimate of drug-likeness (QED) is 0.339. The Labute approximate surface area is 150 Å². The third kappa shape index (κ3) is 7.92. The number of hydrazone groups is 1. The van der Waals surface area contributed by atoms with Crippen LogP contribution < -0.4 is 14.9 Å². The zero-order valence-electron chi connectivity index (χ0n) is 15.5. The van der Waals surface area contributed by atoms with E-state index < -0.39 is 0 Å². The van der Waals surface area contributed by atoms with Crippen molar-refractivity contribution in [1.82, 2.24) is 5.43 Å². The van der Waals surface area contributed by atoms with Crippen molar-refractivity contribution >= 4 is 12.1 Å². The predicted molar refractivity (Wildman–Crippen MR) is 99.6 cm³/mol. The van der Waals surface area contributed by atoms with Crippen LogP contribution >= 0.6 is 0 Å². The molecule has 25 heavy (non-hydrogen) atoms. The molecule has 6 nitrogen and oxygen atoms in total. The minimum absolute atomic E-state index is 0.0647. The highest BCUT2D eigenvalue weighted by molar-refractivity contribution is 5.84. The minimum atomic E-state index is -0.0949. The fourth-order valence-electron chi connectivity index (χ4n) is 2.47. The molecule has 0 heterocycles. The van der Waals surface area contributed by atoms with E-state index in [4.69, 9.17) is 9.47 Å². The number of phenols is 1. The second kappa shape index (κ2) is 12.2. The number of aromatic hydroxyl groups is 1. The average molecular weight is 350 g/mol. The Balaban J connectivity index is 2.36. The van der Waals surface area contributed by atoms with E-state index in [1.165, 1.54) is 52.5 Å². The lowest BCUT2D eigenvalue weighted by molar-refractivity contribution is -0.121. The van der Waals surface area contributed by atoms with Gasteiger partial charge in [0.1, 0.15) is 0 Å². The van der Waals surface area contributed by atoms with Gasteiger partial charge in [0.15, 0.2) is 11.5 Å². The van der Waals surface area contributed by atoms with E-state index in [-0.39, 0.29) is 23.2 Å². The predicted octanol–water partition coefficient (Wildman–Crippen LogP) is 4.00. The molecule has 0 saturated carbocycles. The van der Waals surface area contributed by atoms with Gasteiger partial charge in [0.25, 0.3) is 0 Å². The molecule has 0 fully saturated rings. The van der Waals surface area contributed by atoms with Crippen LogP contribution in [0.2, 0.25) is 0 Å². The van der Waals surface area contributed by atoms with E-state index in [0.29, 0.717) is 12.0 Å². The van der Waals surface area contributed by atoms with Gasteiger partial charge >= 0.3 is 0 Å². The van der Waals surface area contributed by atoms with Crippen LogP contribution in [0, 0.1) is 0 Å². The summed E-state index contributed by atoms with van der Waals surface area (Å²) in [5.41, 5.74) is 3.17. The van der Waals surface area contributed by atoms with Crippen LogP contribution in [0.25, 0.3) is 0 Å². The molecule has 6 heteroatoms. The summed E-state index contributed by atoms with van der Waals surface area (Å²) in [6.07, 6.45) is 10.2. The number of carbonyl (C=O) groups is 1. The SMILES string of the molecule is CCCCCCCCCC(=O)NN=Cc1cc(OC)c(O)c(OC)c1. The molecule has 1 aromatic carbocycles. The van der Waals surface area contributed by atoms with Gasteiger partial charge in [-0.25, -0.2) is 5.43 Å². The minimum Gasteiger partial charge on any atom is -0.502 e. The smallest absolute Gasteiger partial charge is 0.240 e. The maximum Gasteiger partial charge on any atom is 0.240 e. The number of hydrogen-bond donors (Lipinski definition) is 2. The second-order valence-electron chi connectivity index (χ2n) is 5.94. The molecule has 0 atom stereocenters. The van der Waals surface area contributed by atoms with Crippen LogP contribution in [-0.2, 0) is 4.79 Å². The Bertz CT molecular complexity index is 533. The van der Waals surface area contributed by atoms with Crippen molar-refractivity contribution in [1.29, 1.82) is 0 Å². The Morgan fingerprint density at radius 2 is 1.64 bits per heavy atom. The summed E-state index contributed by atoms with van der Waals surface area (Å²) < 4.78 is 10.2. The van der Waals surface area contributed by atoms with Crippen LogP contribution in [0.5, 0.6) is 17.2 Å². The first-order valence-electron chi connectivity index (χ1n) is 8.89. The highest BCUT2D eigenvalue weighted by Crippen LogP contribution is 2.36. The largest absolute Gasteiger partial charge is 0.502 e. The van der Waals surface area contributed by atoms with E-state index >= 15 is 0 Å². The molecular formula is C19H30N2O4. The van der Waals surface area contributed by atoms with Gasteiger partial charge in [-0.1, -0.05) is 45.4 Å². The Morgan fingerprint density at radius 3 is 2.20 bits per heavy atom. The number of carbonyl (C=O) groups excluding carboxylic acids is 1. The monoisotopic (exact) mass is 350 g/mol. The van der Waals surface area contributed by atoms with Crippen molar-refractivity contribution in [3.8, 4) is 17.2 Å². The van der Waals surface area contributed by atoms with Crippen LogP contribution in [-0.4, -0.2) is 31.4 Å². The van der Waals surface area contributed by atoms with Crippen molar-refractivity contribution in [2.75, 3.05) is 14.2 Å².